The summed E-state index contributed by atoms with van der Waals surface area (Å²) in [5.74, 6) is 1.02. The molecule has 0 aromatic rings. The van der Waals surface area contributed by atoms with Gasteiger partial charge in [0, 0.05) is 32.8 Å². The van der Waals surface area contributed by atoms with Crippen LogP contribution in [0.15, 0.2) is 0 Å². The minimum Gasteiger partial charge on any atom is -0.372 e. The molecule has 0 unspecified atom stereocenters. The van der Waals surface area contributed by atoms with Crippen molar-refractivity contribution in [2.45, 2.75) is 25.7 Å². The van der Waals surface area contributed by atoms with Gasteiger partial charge >= 0.3 is 0 Å². The van der Waals surface area contributed by atoms with Crippen LogP contribution in [-0.2, 0) is 9.53 Å². The van der Waals surface area contributed by atoms with Crippen molar-refractivity contribution in [2.75, 3.05) is 39.4 Å². The minimum atomic E-state index is 0.148. The van der Waals surface area contributed by atoms with Crippen LogP contribution in [0.1, 0.15) is 25.7 Å². The maximum absolute atomic E-state index is 11.7. The van der Waals surface area contributed by atoms with Crippen LogP contribution in [0.2, 0.25) is 0 Å². The monoisotopic (exact) mass is 226 g/mol. The van der Waals surface area contributed by atoms with Gasteiger partial charge in [-0.05, 0) is 12.3 Å². The van der Waals surface area contributed by atoms with E-state index in [9.17, 15) is 4.79 Å². The maximum Gasteiger partial charge on any atom is 0.248 e. The molecule has 1 heterocycles. The third kappa shape index (κ3) is 3.46. The molecule has 1 aliphatic heterocycles. The van der Waals surface area contributed by atoms with Crippen LogP contribution < -0.4 is 5.32 Å². The second-order valence-corrected chi connectivity index (χ2v) is 4.77. The molecule has 2 fully saturated rings. The second kappa shape index (κ2) is 6.21. The highest BCUT2D eigenvalue weighted by Gasteiger charge is 2.18. The molecule has 16 heavy (non-hydrogen) atoms. The number of ether oxygens (including phenoxy) is 1. The fourth-order valence-electron chi connectivity index (χ4n) is 2.20. The fraction of sp³-hybridized carbons (Fsp3) is 0.917. The summed E-state index contributed by atoms with van der Waals surface area (Å²) in [7, 11) is 0. The number of hydrogen-bond donors (Lipinski definition) is 1. The van der Waals surface area contributed by atoms with E-state index in [1.807, 2.05) is 4.90 Å². The number of nitrogens with one attached hydrogen (secondary N) is 1. The number of amides is 1. The zero-order chi connectivity index (χ0) is 11.2. The summed E-state index contributed by atoms with van der Waals surface area (Å²) in [5, 5.41) is 3.23. The highest BCUT2D eigenvalue weighted by Crippen LogP contribution is 2.28. The van der Waals surface area contributed by atoms with E-state index in [2.05, 4.69) is 5.32 Å². The van der Waals surface area contributed by atoms with Crippen molar-refractivity contribution in [3.63, 3.8) is 0 Å². The summed E-state index contributed by atoms with van der Waals surface area (Å²) in [6, 6.07) is 0. The van der Waals surface area contributed by atoms with E-state index in [0.29, 0.717) is 0 Å². The van der Waals surface area contributed by atoms with Gasteiger partial charge in [0.05, 0.1) is 0 Å². The molecule has 0 atom stereocenters. The number of carbonyl (C=O) groups excluding carboxylic acids is 1. The van der Waals surface area contributed by atoms with Crippen molar-refractivity contribution in [1.29, 1.82) is 0 Å². The molecule has 0 spiro atoms. The van der Waals surface area contributed by atoms with Crippen molar-refractivity contribution in [3.05, 3.63) is 0 Å². The molecule has 1 amide bonds. The Morgan fingerprint density at radius 3 is 2.69 bits per heavy atom. The Morgan fingerprint density at radius 1 is 1.31 bits per heavy atom. The predicted octanol–water partition coefficient (Wildman–Crippen LogP) is 0.625. The first-order chi connectivity index (χ1) is 7.86. The molecule has 1 N–H and O–H groups in total. The van der Waals surface area contributed by atoms with E-state index < -0.39 is 0 Å². The summed E-state index contributed by atoms with van der Waals surface area (Å²) < 4.78 is 5.44. The maximum atomic E-state index is 11.7. The Hall–Kier alpha value is -0.610. The minimum absolute atomic E-state index is 0.148. The quantitative estimate of drug-likeness (QED) is 0.699. The van der Waals surface area contributed by atoms with Gasteiger partial charge < -0.3 is 15.0 Å². The first-order valence-electron chi connectivity index (χ1n) is 6.42. The predicted molar refractivity (Wildman–Crippen MR) is 62.2 cm³/mol. The fourth-order valence-corrected chi connectivity index (χ4v) is 2.20. The Morgan fingerprint density at radius 2 is 2.06 bits per heavy atom. The van der Waals surface area contributed by atoms with Crippen LogP contribution in [0, 0.1) is 5.92 Å². The van der Waals surface area contributed by atoms with E-state index in [1.54, 1.807) is 0 Å². The van der Waals surface area contributed by atoms with Crippen LogP contribution >= 0.6 is 0 Å². The first kappa shape index (κ1) is 11.9. The van der Waals surface area contributed by atoms with E-state index in [-0.39, 0.29) is 12.5 Å². The third-order valence-electron chi connectivity index (χ3n) is 3.59. The van der Waals surface area contributed by atoms with Gasteiger partial charge in [0.1, 0.15) is 6.61 Å². The lowest BCUT2D eigenvalue weighted by molar-refractivity contribution is -0.136. The molecule has 1 saturated heterocycles. The van der Waals surface area contributed by atoms with E-state index >= 15 is 0 Å². The van der Waals surface area contributed by atoms with Crippen molar-refractivity contribution < 1.29 is 9.53 Å². The van der Waals surface area contributed by atoms with E-state index in [4.69, 9.17) is 4.74 Å². The molecular weight excluding hydrogens is 204 g/mol. The lowest BCUT2D eigenvalue weighted by atomic mass is 9.83. The van der Waals surface area contributed by atoms with Crippen molar-refractivity contribution in [2.24, 2.45) is 5.92 Å². The topological polar surface area (TPSA) is 41.6 Å². The highest BCUT2D eigenvalue weighted by molar-refractivity contribution is 5.77. The lowest BCUT2D eigenvalue weighted by Gasteiger charge is -2.28. The SMILES string of the molecule is O=C(COCCC1CCC1)N1CCNCC1. The Kier molecular flexibility index (Phi) is 4.60. The molecule has 4 nitrogen and oxygen atoms in total. The molecule has 92 valence electrons. The molecule has 1 saturated carbocycles. The molecule has 4 heteroatoms. The molecule has 0 aromatic carbocycles. The second-order valence-electron chi connectivity index (χ2n) is 4.77. The third-order valence-corrected chi connectivity index (χ3v) is 3.59. The lowest BCUT2D eigenvalue weighted by Crippen LogP contribution is -2.47. The van der Waals surface area contributed by atoms with Crippen LogP contribution in [0.5, 0.6) is 0 Å². The van der Waals surface area contributed by atoms with E-state index in [0.717, 1.165) is 45.1 Å². The van der Waals surface area contributed by atoms with Gasteiger partial charge in [0.2, 0.25) is 5.91 Å². The summed E-state index contributed by atoms with van der Waals surface area (Å²) in [5.41, 5.74) is 0. The molecular formula is C12H22N2O2. The van der Waals surface area contributed by atoms with Crippen molar-refractivity contribution >= 4 is 5.91 Å². The Bertz CT molecular complexity index is 223. The van der Waals surface area contributed by atoms with Crippen LogP contribution in [0.25, 0.3) is 0 Å². The summed E-state index contributed by atoms with van der Waals surface area (Å²) in [6.45, 7) is 4.49. The van der Waals surface area contributed by atoms with Gasteiger partial charge in [-0.25, -0.2) is 0 Å². The first-order valence-corrected chi connectivity index (χ1v) is 6.42. The average molecular weight is 226 g/mol. The largest absolute Gasteiger partial charge is 0.372 e. The Balaban J connectivity index is 1.52. The van der Waals surface area contributed by atoms with Gasteiger partial charge in [-0.3, -0.25) is 4.79 Å². The molecule has 0 bridgehead atoms. The molecule has 2 rings (SSSR count). The van der Waals surface area contributed by atoms with Crippen molar-refractivity contribution in [3.8, 4) is 0 Å². The van der Waals surface area contributed by atoms with Gasteiger partial charge in [-0.15, -0.1) is 0 Å². The summed E-state index contributed by atoms with van der Waals surface area (Å²) in [6.07, 6.45) is 5.23. The van der Waals surface area contributed by atoms with Gasteiger partial charge in [0.25, 0.3) is 0 Å². The molecule has 2 aliphatic rings. The van der Waals surface area contributed by atoms with Gasteiger partial charge in [0.15, 0.2) is 0 Å². The molecule has 0 aromatic heterocycles. The van der Waals surface area contributed by atoms with Gasteiger partial charge in [-0.1, -0.05) is 19.3 Å². The molecule has 1 aliphatic carbocycles. The number of hydrogen-bond acceptors (Lipinski definition) is 3. The van der Waals surface area contributed by atoms with Gasteiger partial charge in [-0.2, -0.15) is 0 Å². The van der Waals surface area contributed by atoms with Crippen LogP contribution in [-0.4, -0.2) is 50.2 Å². The summed E-state index contributed by atoms with van der Waals surface area (Å²) >= 11 is 0. The standard InChI is InChI=1S/C12H22N2O2/c15-12(14-7-5-13-6-8-14)10-16-9-4-11-2-1-3-11/h11,13H,1-10H2. The number of nitrogens with zero attached hydrogens (tertiary/aromatic N) is 1. The smallest absolute Gasteiger partial charge is 0.248 e. The van der Waals surface area contributed by atoms with Crippen LogP contribution in [0.4, 0.5) is 0 Å². The number of carbonyl (C=O) groups is 1. The highest BCUT2D eigenvalue weighted by atomic mass is 16.5. The molecule has 0 radical (unpaired) electrons. The number of rotatable bonds is 5. The normalized spacial score (nSPS) is 21.9. The Labute approximate surface area is 97.3 Å². The average Bonchev–Trinajstić information content (AvgIpc) is 2.27. The zero-order valence-electron chi connectivity index (χ0n) is 9.91. The summed E-state index contributed by atoms with van der Waals surface area (Å²) in [4.78, 5) is 13.6. The van der Waals surface area contributed by atoms with Crippen LogP contribution in [0.3, 0.4) is 0 Å². The van der Waals surface area contributed by atoms with E-state index in [1.165, 1.54) is 19.3 Å². The number of piperazine rings is 1. The van der Waals surface area contributed by atoms with Crippen molar-refractivity contribution in [1.82, 2.24) is 10.2 Å². The zero-order valence-corrected chi connectivity index (χ0v) is 9.91.